The van der Waals surface area contributed by atoms with E-state index in [-0.39, 0.29) is 19.1 Å². The summed E-state index contributed by atoms with van der Waals surface area (Å²) in [6, 6.07) is 0. The van der Waals surface area contributed by atoms with Gasteiger partial charge in [0.1, 0.15) is 26.4 Å². The molecule has 0 aliphatic carbocycles. The third kappa shape index (κ3) is 16.9. The van der Waals surface area contributed by atoms with Crippen LogP contribution in [-0.4, -0.2) is 75.9 Å². The lowest BCUT2D eigenvalue weighted by Crippen LogP contribution is -2.41. The first-order valence-corrected chi connectivity index (χ1v) is 14.8. The maximum Gasteiger partial charge on any atom is 0.379 e. The SMILES string of the molecule is CCCCCCCCCCCCCCCC(=O)N1CCO[P+]([O-])(OCC[N+](C)(C)C)OCC1. The first-order chi connectivity index (χ1) is 15.8. The Bertz CT molecular complexity index is 492. The van der Waals surface area contributed by atoms with Crippen molar-refractivity contribution in [1.82, 2.24) is 4.90 Å². The van der Waals surface area contributed by atoms with Crippen LogP contribution >= 0.6 is 8.17 Å². The fourth-order valence-electron chi connectivity index (χ4n) is 3.88. The normalized spacial score (nSPS) is 17.1. The summed E-state index contributed by atoms with van der Waals surface area (Å²) in [6.45, 7) is 4.49. The summed E-state index contributed by atoms with van der Waals surface area (Å²) in [4.78, 5) is 26.9. The van der Waals surface area contributed by atoms with Gasteiger partial charge in [-0.05, 0) is 6.42 Å². The van der Waals surface area contributed by atoms with Crippen molar-refractivity contribution >= 4 is 14.1 Å². The van der Waals surface area contributed by atoms with E-state index in [2.05, 4.69) is 6.92 Å². The summed E-state index contributed by atoms with van der Waals surface area (Å²) in [6.07, 6.45) is 17.4. The van der Waals surface area contributed by atoms with Crippen molar-refractivity contribution < 1.29 is 27.7 Å². The van der Waals surface area contributed by atoms with Gasteiger partial charge in [-0.25, -0.2) is 0 Å². The van der Waals surface area contributed by atoms with Gasteiger partial charge < -0.3 is 14.3 Å². The van der Waals surface area contributed by atoms with Crippen molar-refractivity contribution in [3.63, 3.8) is 0 Å². The van der Waals surface area contributed by atoms with Crippen LogP contribution in [0, 0.1) is 0 Å². The van der Waals surface area contributed by atoms with Gasteiger partial charge in [-0.1, -0.05) is 84.0 Å². The van der Waals surface area contributed by atoms with Crippen LogP contribution in [0.4, 0.5) is 0 Å². The Labute approximate surface area is 204 Å². The minimum absolute atomic E-state index is 0.132. The molecule has 0 spiro atoms. The molecule has 1 saturated heterocycles. The highest BCUT2D eigenvalue weighted by Gasteiger charge is 2.36. The predicted octanol–water partition coefficient (Wildman–Crippen LogP) is 5.10. The number of nitrogens with zero attached hydrogens (tertiary/aromatic N) is 2. The molecule has 1 fully saturated rings. The number of likely N-dealkylation sites (N-methyl/N-ethyl adjacent to an activating group) is 1. The molecule has 1 rings (SSSR count). The lowest BCUT2D eigenvalue weighted by molar-refractivity contribution is -0.870. The molecule has 33 heavy (non-hydrogen) atoms. The van der Waals surface area contributed by atoms with Crippen molar-refractivity contribution in [3.8, 4) is 0 Å². The lowest BCUT2D eigenvalue weighted by Gasteiger charge is -2.31. The number of rotatable bonds is 18. The molecule has 0 aromatic rings. The Hall–Kier alpha value is -0.300. The van der Waals surface area contributed by atoms with Crippen LogP contribution in [0.1, 0.15) is 96.8 Å². The molecule has 8 heteroatoms. The van der Waals surface area contributed by atoms with E-state index in [9.17, 15) is 9.69 Å². The van der Waals surface area contributed by atoms with Crippen LogP contribution in [-0.2, 0) is 18.4 Å². The van der Waals surface area contributed by atoms with Gasteiger partial charge in [0, 0.05) is 19.5 Å². The lowest BCUT2D eigenvalue weighted by atomic mass is 10.0. The maximum atomic E-state index is 12.6. The Balaban J connectivity index is 2.04. The van der Waals surface area contributed by atoms with Crippen molar-refractivity contribution in [2.75, 3.05) is 60.6 Å². The second-order valence-corrected chi connectivity index (χ2v) is 12.0. The first kappa shape index (κ1) is 30.7. The maximum absolute atomic E-state index is 12.6. The van der Waals surface area contributed by atoms with Crippen LogP contribution in [0.2, 0.25) is 0 Å². The number of phosphoric acid groups is 1. The number of carbonyl (C=O) groups is 1. The average molecular weight is 492 g/mol. The number of carbonyl (C=O) groups excluding carboxylic acids is 1. The first-order valence-electron chi connectivity index (χ1n) is 13.4. The van der Waals surface area contributed by atoms with Crippen molar-refractivity contribution in [2.45, 2.75) is 96.8 Å². The summed E-state index contributed by atoms with van der Waals surface area (Å²) in [5, 5.41) is 0. The van der Waals surface area contributed by atoms with E-state index in [1.807, 2.05) is 21.1 Å². The molecule has 0 aromatic heterocycles. The topological polar surface area (TPSA) is 71.1 Å². The van der Waals surface area contributed by atoms with E-state index >= 15 is 0 Å². The van der Waals surface area contributed by atoms with E-state index in [0.29, 0.717) is 37.1 Å². The quantitative estimate of drug-likeness (QED) is 0.151. The van der Waals surface area contributed by atoms with Crippen LogP contribution in [0.5, 0.6) is 0 Å². The number of amides is 1. The minimum Gasteiger partial charge on any atom is -0.606 e. The minimum atomic E-state index is -3.53. The van der Waals surface area contributed by atoms with Gasteiger partial charge in [-0.2, -0.15) is 13.6 Å². The number of unbranched alkanes of at least 4 members (excludes halogenated alkanes) is 12. The standard InChI is InChI=1S/C25H52N2O5P/c1-5-6-7-8-9-10-11-12-13-14-15-16-17-18-25(28)26-19-22-30-33(29,31-23-20-26)32-24-21-27(2,3)4/h5-24H2,1-4H3/q+1. The molecule has 1 aliphatic rings. The van der Waals surface area contributed by atoms with Crippen LogP contribution < -0.4 is 4.89 Å². The molecule has 1 amide bonds. The number of hydrogen-bond donors (Lipinski definition) is 0. The summed E-state index contributed by atoms with van der Waals surface area (Å²) in [5.41, 5.74) is 0. The summed E-state index contributed by atoms with van der Waals surface area (Å²) in [7, 11) is 2.60. The van der Waals surface area contributed by atoms with E-state index in [0.717, 1.165) is 12.8 Å². The highest BCUT2D eigenvalue weighted by atomic mass is 31.2. The third-order valence-electron chi connectivity index (χ3n) is 6.08. The zero-order chi connectivity index (χ0) is 24.4. The van der Waals surface area contributed by atoms with Gasteiger partial charge >= 0.3 is 8.17 Å². The smallest absolute Gasteiger partial charge is 0.379 e. The van der Waals surface area contributed by atoms with E-state index in [4.69, 9.17) is 13.6 Å². The molecule has 0 saturated carbocycles. The molecule has 0 N–H and O–H groups in total. The second kappa shape index (κ2) is 18.0. The zero-order valence-electron chi connectivity index (χ0n) is 22.0. The monoisotopic (exact) mass is 491 g/mol. The zero-order valence-corrected chi connectivity index (χ0v) is 22.9. The predicted molar refractivity (Wildman–Crippen MR) is 135 cm³/mol. The average Bonchev–Trinajstić information content (AvgIpc) is 2.73. The fraction of sp³-hybridized carbons (Fsp3) is 0.960. The second-order valence-electron chi connectivity index (χ2n) is 10.3. The van der Waals surface area contributed by atoms with Crippen LogP contribution in [0.3, 0.4) is 0 Å². The molecular formula is C25H52N2O5P+. The van der Waals surface area contributed by atoms with Gasteiger partial charge in [-0.3, -0.25) is 4.79 Å². The number of hydrogen-bond acceptors (Lipinski definition) is 5. The van der Waals surface area contributed by atoms with Crippen LogP contribution in [0.15, 0.2) is 0 Å². The van der Waals surface area contributed by atoms with Crippen LogP contribution in [0.25, 0.3) is 0 Å². The van der Waals surface area contributed by atoms with Crippen molar-refractivity contribution in [3.05, 3.63) is 0 Å². The van der Waals surface area contributed by atoms with Gasteiger partial charge in [0.2, 0.25) is 5.91 Å². The van der Waals surface area contributed by atoms with E-state index in [1.165, 1.54) is 70.6 Å². The highest BCUT2D eigenvalue weighted by Crippen LogP contribution is 2.53. The summed E-state index contributed by atoms with van der Waals surface area (Å²) < 4.78 is 16.9. The molecule has 1 heterocycles. The molecule has 0 aromatic carbocycles. The van der Waals surface area contributed by atoms with Gasteiger partial charge in [0.15, 0.2) is 0 Å². The molecule has 0 bridgehead atoms. The molecule has 7 nitrogen and oxygen atoms in total. The fourth-order valence-corrected chi connectivity index (χ4v) is 5.02. The molecule has 0 radical (unpaired) electrons. The number of phosphoric ester groups is 1. The molecule has 0 unspecified atom stereocenters. The highest BCUT2D eigenvalue weighted by molar-refractivity contribution is 7.53. The van der Waals surface area contributed by atoms with Crippen molar-refractivity contribution in [1.29, 1.82) is 0 Å². The van der Waals surface area contributed by atoms with Gasteiger partial charge in [0.25, 0.3) is 0 Å². The Morgan fingerprint density at radius 2 is 1.30 bits per heavy atom. The Morgan fingerprint density at radius 3 is 1.76 bits per heavy atom. The molecule has 0 atom stereocenters. The van der Waals surface area contributed by atoms with Gasteiger partial charge in [-0.15, -0.1) is 0 Å². The number of quaternary nitrogens is 1. The Kier molecular flexibility index (Phi) is 16.8. The third-order valence-corrected chi connectivity index (χ3v) is 7.58. The molecular weight excluding hydrogens is 439 g/mol. The Morgan fingerprint density at radius 1 is 0.848 bits per heavy atom. The summed E-state index contributed by atoms with van der Waals surface area (Å²) in [5.74, 6) is 0.132. The van der Waals surface area contributed by atoms with E-state index in [1.54, 1.807) is 4.90 Å². The largest absolute Gasteiger partial charge is 0.606 e. The molecule has 1 aliphatic heterocycles. The van der Waals surface area contributed by atoms with Crippen molar-refractivity contribution in [2.24, 2.45) is 0 Å². The van der Waals surface area contributed by atoms with E-state index < -0.39 is 8.17 Å². The molecule has 196 valence electrons. The summed E-state index contributed by atoms with van der Waals surface area (Å²) >= 11 is 0. The van der Waals surface area contributed by atoms with Gasteiger partial charge in [0.05, 0.1) is 21.1 Å².